The summed E-state index contributed by atoms with van der Waals surface area (Å²) < 4.78 is 0. The first-order valence-electron chi connectivity index (χ1n) is 12.1. The summed E-state index contributed by atoms with van der Waals surface area (Å²) in [4.78, 5) is 23.5. The van der Waals surface area contributed by atoms with Crippen LogP contribution in [0.2, 0.25) is 0 Å². The lowest BCUT2D eigenvalue weighted by Gasteiger charge is -2.11. The molecule has 0 aliphatic rings. The van der Waals surface area contributed by atoms with E-state index in [-0.39, 0.29) is 11.8 Å². The smallest absolute Gasteiger partial charge is 0.269 e. The van der Waals surface area contributed by atoms with E-state index < -0.39 is 0 Å². The number of hydrogen-bond acceptors (Lipinski definition) is 6. The molecule has 0 atom stereocenters. The number of nitrogens with zero attached hydrogens (tertiary/aromatic N) is 2. The van der Waals surface area contributed by atoms with Crippen LogP contribution in [0.15, 0.2) is 66.7 Å². The van der Waals surface area contributed by atoms with Crippen LogP contribution in [-0.2, 0) is 6.42 Å². The van der Waals surface area contributed by atoms with Crippen molar-refractivity contribution in [3.63, 3.8) is 0 Å². The number of carbonyl (C=O) groups excluding carboxylic acids is 2. The fraction of sp³-hybridized carbons (Fsp3) is 0.148. The number of hydrazine groups is 2. The molecule has 0 bridgehead atoms. The molecule has 200 valence electrons. The number of amides is 2. The molecule has 0 aliphatic carbocycles. The summed E-state index contributed by atoms with van der Waals surface area (Å²) >= 11 is 5.17. The minimum absolute atomic E-state index is 0.255. The van der Waals surface area contributed by atoms with E-state index in [9.17, 15) is 9.59 Å². The summed E-state index contributed by atoms with van der Waals surface area (Å²) in [5.41, 5.74) is 13.2. The molecule has 5 rings (SSSR count). The summed E-state index contributed by atoms with van der Waals surface area (Å²) in [5, 5.41) is 19.3. The second-order valence-electron chi connectivity index (χ2n) is 8.71. The Morgan fingerprint density at radius 3 is 1.95 bits per heavy atom. The summed E-state index contributed by atoms with van der Waals surface area (Å²) in [7, 11) is 0. The zero-order valence-corrected chi connectivity index (χ0v) is 22.3. The van der Waals surface area contributed by atoms with Gasteiger partial charge in [-0.15, -0.1) is 0 Å². The van der Waals surface area contributed by atoms with E-state index in [2.05, 4.69) is 54.1 Å². The second-order valence-corrected chi connectivity index (χ2v) is 9.11. The number of nitrogens with two attached hydrogens (primary N) is 1. The lowest BCUT2D eigenvalue weighted by molar-refractivity contribution is 0.0939. The van der Waals surface area contributed by atoms with Gasteiger partial charge in [-0.3, -0.25) is 36.1 Å². The Bertz CT molecular complexity index is 1610. The van der Waals surface area contributed by atoms with E-state index in [1.54, 1.807) is 30.3 Å². The molecule has 39 heavy (non-hydrogen) atoms. The molecule has 0 aliphatic heterocycles. The topological polar surface area (TPSA) is 166 Å². The lowest BCUT2D eigenvalue weighted by Crippen LogP contribution is -2.47. The molecule has 0 saturated carbocycles. The SMILES string of the molecule is Cc1[nH]nc2ccc(C(=O)NN)cc12.Cc1[nH]nc2ccc(C(=O)NNC(=S)NCCc3ccccc3)cc12. The number of nitrogens with one attached hydrogen (secondary N) is 6. The average molecular weight is 544 g/mol. The molecule has 3 aromatic carbocycles. The van der Waals surface area contributed by atoms with Gasteiger partial charge in [0.1, 0.15) is 0 Å². The van der Waals surface area contributed by atoms with E-state index in [4.69, 9.17) is 18.1 Å². The lowest BCUT2D eigenvalue weighted by atomic mass is 10.1. The van der Waals surface area contributed by atoms with Gasteiger partial charge < -0.3 is 5.32 Å². The fourth-order valence-electron chi connectivity index (χ4n) is 3.84. The molecule has 0 saturated heterocycles. The van der Waals surface area contributed by atoms with E-state index in [1.165, 1.54) is 5.56 Å². The quantitative estimate of drug-likeness (QED) is 0.0769. The van der Waals surface area contributed by atoms with Crippen LogP contribution >= 0.6 is 12.2 Å². The van der Waals surface area contributed by atoms with Crippen molar-refractivity contribution in [1.82, 2.24) is 42.0 Å². The number of aryl methyl sites for hydroxylation is 2. The van der Waals surface area contributed by atoms with Crippen LogP contribution < -0.4 is 27.4 Å². The van der Waals surface area contributed by atoms with Crippen LogP contribution in [0.3, 0.4) is 0 Å². The van der Waals surface area contributed by atoms with Crippen molar-refractivity contribution in [2.45, 2.75) is 20.3 Å². The van der Waals surface area contributed by atoms with Gasteiger partial charge in [-0.2, -0.15) is 10.2 Å². The standard InChI is InChI=1S/C18H19N5OS.C9H10N4O/c1-12-15-11-14(7-8-16(15)21-20-12)17(24)22-23-18(25)19-10-9-13-5-3-2-4-6-13;1-5-7-4-6(9(14)11-10)2-3-8(7)13-12-5/h2-8,11H,9-10H2,1H3,(H,20,21)(H,22,24)(H2,19,23,25);2-4H,10H2,1H3,(H,11,14)(H,12,13). The fourth-order valence-corrected chi connectivity index (χ4v) is 3.99. The molecule has 0 fully saturated rings. The molecule has 0 radical (unpaired) electrons. The first-order valence-corrected chi connectivity index (χ1v) is 12.5. The molecular weight excluding hydrogens is 514 g/mol. The van der Waals surface area contributed by atoms with Gasteiger partial charge in [0, 0.05) is 39.8 Å². The third-order valence-electron chi connectivity index (χ3n) is 5.98. The van der Waals surface area contributed by atoms with E-state index in [1.807, 2.05) is 38.1 Å². The van der Waals surface area contributed by atoms with E-state index in [0.717, 1.165) is 39.6 Å². The summed E-state index contributed by atoms with van der Waals surface area (Å²) in [6.45, 7) is 4.51. The summed E-state index contributed by atoms with van der Waals surface area (Å²) in [5.74, 6) is 4.49. The molecule has 2 amide bonds. The van der Waals surface area contributed by atoms with Gasteiger partial charge in [0.25, 0.3) is 11.8 Å². The Labute approximate surface area is 229 Å². The second kappa shape index (κ2) is 12.6. The highest BCUT2D eigenvalue weighted by Gasteiger charge is 2.09. The van der Waals surface area contributed by atoms with Crippen LogP contribution in [0.1, 0.15) is 37.7 Å². The van der Waals surface area contributed by atoms with E-state index in [0.29, 0.717) is 22.8 Å². The zero-order valence-electron chi connectivity index (χ0n) is 21.5. The monoisotopic (exact) mass is 543 g/mol. The van der Waals surface area contributed by atoms with Gasteiger partial charge in [0.05, 0.1) is 11.0 Å². The number of carbonyl (C=O) groups is 2. The Hall–Kier alpha value is -4.81. The van der Waals surface area contributed by atoms with Gasteiger partial charge in [-0.1, -0.05) is 30.3 Å². The maximum Gasteiger partial charge on any atom is 0.269 e. The number of nitrogen functional groups attached to an aromatic ring is 1. The van der Waals surface area contributed by atoms with Crippen molar-refractivity contribution in [1.29, 1.82) is 0 Å². The number of fused-ring (bicyclic) bond motifs is 2. The van der Waals surface area contributed by atoms with Crippen molar-refractivity contribution >= 4 is 51.0 Å². The molecule has 0 spiro atoms. The molecule has 5 aromatic rings. The largest absolute Gasteiger partial charge is 0.361 e. The third kappa shape index (κ3) is 6.94. The molecule has 2 heterocycles. The molecular formula is C27H29N9O2S. The highest BCUT2D eigenvalue weighted by molar-refractivity contribution is 7.80. The van der Waals surface area contributed by atoms with Crippen molar-refractivity contribution in [2.24, 2.45) is 5.84 Å². The van der Waals surface area contributed by atoms with Crippen LogP contribution in [0.5, 0.6) is 0 Å². The number of aromatic amines is 2. The van der Waals surface area contributed by atoms with Crippen molar-refractivity contribution in [3.05, 3.63) is 94.8 Å². The first-order chi connectivity index (χ1) is 18.9. The summed E-state index contributed by atoms with van der Waals surface area (Å²) in [6.07, 6.45) is 0.854. The van der Waals surface area contributed by atoms with Gasteiger partial charge in [-0.05, 0) is 74.4 Å². The van der Waals surface area contributed by atoms with Gasteiger partial charge in [0.15, 0.2) is 5.11 Å². The molecule has 8 N–H and O–H groups in total. The number of hydrogen-bond donors (Lipinski definition) is 7. The Kier molecular flexibility index (Phi) is 8.82. The van der Waals surface area contributed by atoms with Crippen LogP contribution in [0.4, 0.5) is 0 Å². The first kappa shape index (κ1) is 27.2. The molecule has 12 heteroatoms. The Balaban J connectivity index is 0.000000212. The third-order valence-corrected chi connectivity index (χ3v) is 6.22. The number of rotatable bonds is 5. The van der Waals surface area contributed by atoms with Crippen molar-refractivity contribution in [3.8, 4) is 0 Å². The predicted octanol–water partition coefficient (Wildman–Crippen LogP) is 2.70. The minimum atomic E-state index is -0.299. The summed E-state index contributed by atoms with van der Waals surface area (Å²) in [6, 6.07) is 20.7. The maximum atomic E-state index is 12.2. The van der Waals surface area contributed by atoms with E-state index >= 15 is 0 Å². The number of thiocarbonyl (C=S) groups is 1. The highest BCUT2D eigenvalue weighted by atomic mass is 32.1. The number of benzene rings is 3. The van der Waals surface area contributed by atoms with Crippen LogP contribution in [0, 0.1) is 13.8 Å². The highest BCUT2D eigenvalue weighted by Crippen LogP contribution is 2.17. The number of H-pyrrole nitrogens is 2. The van der Waals surface area contributed by atoms with Gasteiger partial charge >= 0.3 is 0 Å². The minimum Gasteiger partial charge on any atom is -0.361 e. The van der Waals surface area contributed by atoms with Gasteiger partial charge in [-0.25, -0.2) is 5.84 Å². The number of aromatic nitrogens is 4. The Morgan fingerprint density at radius 2 is 1.38 bits per heavy atom. The maximum absolute atomic E-state index is 12.2. The molecule has 2 aromatic heterocycles. The van der Waals surface area contributed by atoms with Crippen LogP contribution in [0.25, 0.3) is 21.8 Å². The molecule has 0 unspecified atom stereocenters. The van der Waals surface area contributed by atoms with Crippen molar-refractivity contribution < 1.29 is 9.59 Å². The average Bonchev–Trinajstić information content (AvgIpc) is 3.53. The predicted molar refractivity (Wildman–Crippen MR) is 155 cm³/mol. The Morgan fingerprint density at radius 1 is 0.821 bits per heavy atom. The van der Waals surface area contributed by atoms with Crippen LogP contribution in [-0.4, -0.2) is 43.9 Å². The molecule has 11 nitrogen and oxygen atoms in total. The van der Waals surface area contributed by atoms with Crippen molar-refractivity contribution in [2.75, 3.05) is 6.54 Å². The zero-order chi connectivity index (χ0) is 27.8. The normalized spacial score (nSPS) is 10.4. The van der Waals surface area contributed by atoms with Gasteiger partial charge in [0.2, 0.25) is 0 Å².